The van der Waals surface area contributed by atoms with Gasteiger partial charge in [-0.25, -0.2) is 8.78 Å². The molecule has 0 amide bonds. The van der Waals surface area contributed by atoms with Gasteiger partial charge in [0, 0.05) is 29.9 Å². The molecule has 2 nitrogen and oxygen atoms in total. The van der Waals surface area contributed by atoms with Gasteiger partial charge in [-0.2, -0.15) is 0 Å². The lowest BCUT2D eigenvalue weighted by Crippen LogP contribution is -2.01. The molecule has 0 saturated heterocycles. The minimum absolute atomic E-state index is 0.0877. The van der Waals surface area contributed by atoms with Crippen molar-refractivity contribution in [1.82, 2.24) is 4.57 Å². The SMILES string of the molecule is Cn1ccc(C(=O)CSc2cc(F)ccc2F)c1. The fourth-order valence-electron chi connectivity index (χ4n) is 1.48. The molecule has 94 valence electrons. The number of aryl methyl sites for hydroxylation is 1. The Bertz CT molecular complexity index is 580. The normalized spacial score (nSPS) is 10.6. The van der Waals surface area contributed by atoms with E-state index in [4.69, 9.17) is 0 Å². The van der Waals surface area contributed by atoms with Crippen molar-refractivity contribution in [2.24, 2.45) is 7.05 Å². The molecule has 0 aliphatic heterocycles. The second kappa shape index (κ2) is 5.35. The molecule has 2 rings (SSSR count). The number of thioether (sulfide) groups is 1. The number of halogens is 2. The molecule has 0 N–H and O–H groups in total. The van der Waals surface area contributed by atoms with Crippen LogP contribution in [-0.2, 0) is 7.05 Å². The second-order valence-corrected chi connectivity index (χ2v) is 4.87. The Kier molecular flexibility index (Phi) is 3.81. The van der Waals surface area contributed by atoms with Crippen molar-refractivity contribution in [2.75, 3.05) is 5.75 Å². The zero-order valence-electron chi connectivity index (χ0n) is 9.69. The molecular weight excluding hydrogens is 256 g/mol. The predicted octanol–water partition coefficient (Wildman–Crippen LogP) is 3.28. The van der Waals surface area contributed by atoms with E-state index in [1.165, 1.54) is 0 Å². The van der Waals surface area contributed by atoms with E-state index in [-0.39, 0.29) is 16.4 Å². The number of benzene rings is 1. The molecule has 5 heteroatoms. The molecule has 1 heterocycles. The van der Waals surface area contributed by atoms with Crippen LogP contribution in [0, 0.1) is 11.6 Å². The maximum absolute atomic E-state index is 13.3. The average molecular weight is 267 g/mol. The summed E-state index contributed by atoms with van der Waals surface area (Å²) in [6, 6.07) is 4.91. The molecule has 0 atom stereocenters. The van der Waals surface area contributed by atoms with E-state index in [9.17, 15) is 13.6 Å². The molecule has 1 aromatic carbocycles. The van der Waals surface area contributed by atoms with Gasteiger partial charge >= 0.3 is 0 Å². The Morgan fingerprint density at radius 3 is 2.78 bits per heavy atom. The highest BCUT2D eigenvalue weighted by Crippen LogP contribution is 2.23. The molecule has 0 bridgehead atoms. The lowest BCUT2D eigenvalue weighted by Gasteiger charge is -2.02. The summed E-state index contributed by atoms with van der Waals surface area (Å²) in [4.78, 5) is 11.9. The van der Waals surface area contributed by atoms with E-state index in [0.29, 0.717) is 5.56 Å². The van der Waals surface area contributed by atoms with E-state index >= 15 is 0 Å². The molecule has 1 aromatic heterocycles. The quantitative estimate of drug-likeness (QED) is 0.626. The van der Waals surface area contributed by atoms with E-state index in [0.717, 1.165) is 30.0 Å². The van der Waals surface area contributed by atoms with Crippen LogP contribution in [0.25, 0.3) is 0 Å². The Balaban J connectivity index is 2.03. The maximum Gasteiger partial charge on any atom is 0.174 e. The molecule has 0 saturated carbocycles. The third kappa shape index (κ3) is 2.98. The standard InChI is InChI=1S/C13H11F2NOS/c1-16-5-4-9(7-16)12(17)8-18-13-6-10(14)2-3-11(13)15/h2-7H,8H2,1H3. The summed E-state index contributed by atoms with van der Waals surface area (Å²) in [7, 11) is 1.82. The Labute approximate surface area is 108 Å². The molecule has 0 aliphatic carbocycles. The first-order valence-corrected chi connectivity index (χ1v) is 6.28. The largest absolute Gasteiger partial charge is 0.357 e. The molecule has 18 heavy (non-hydrogen) atoms. The van der Waals surface area contributed by atoms with Crippen LogP contribution in [0.5, 0.6) is 0 Å². The number of nitrogens with zero attached hydrogens (tertiary/aromatic N) is 1. The van der Waals surface area contributed by atoms with E-state index in [1.807, 2.05) is 7.05 Å². The first kappa shape index (κ1) is 12.8. The number of aromatic nitrogens is 1. The molecule has 0 spiro atoms. The first-order chi connectivity index (χ1) is 8.56. The minimum atomic E-state index is -0.512. The number of hydrogen-bond donors (Lipinski definition) is 0. The van der Waals surface area contributed by atoms with Crippen LogP contribution in [0.1, 0.15) is 10.4 Å². The highest BCUT2D eigenvalue weighted by atomic mass is 32.2. The number of hydrogen-bond acceptors (Lipinski definition) is 2. The molecule has 0 unspecified atom stereocenters. The highest BCUT2D eigenvalue weighted by molar-refractivity contribution is 8.00. The fraction of sp³-hybridized carbons (Fsp3) is 0.154. The number of ketones is 1. The van der Waals surface area contributed by atoms with Crippen LogP contribution >= 0.6 is 11.8 Å². The summed E-state index contributed by atoms with van der Waals surface area (Å²) >= 11 is 1.000. The third-order valence-electron chi connectivity index (χ3n) is 2.41. The minimum Gasteiger partial charge on any atom is -0.357 e. The Morgan fingerprint density at radius 1 is 1.33 bits per heavy atom. The monoisotopic (exact) mass is 267 g/mol. The Hall–Kier alpha value is -1.62. The summed E-state index contributed by atoms with van der Waals surface area (Å²) in [5, 5.41) is 0. The van der Waals surface area contributed by atoms with Gasteiger partial charge in [0.05, 0.1) is 5.75 Å². The van der Waals surface area contributed by atoms with Crippen LogP contribution in [0.2, 0.25) is 0 Å². The van der Waals surface area contributed by atoms with Crippen LogP contribution in [0.4, 0.5) is 8.78 Å². The summed E-state index contributed by atoms with van der Waals surface area (Å²) in [5.41, 5.74) is 0.571. The zero-order valence-corrected chi connectivity index (χ0v) is 10.5. The summed E-state index contributed by atoms with van der Waals surface area (Å²) < 4.78 is 28.0. The van der Waals surface area contributed by atoms with Gasteiger partial charge in [-0.3, -0.25) is 4.79 Å². The van der Waals surface area contributed by atoms with E-state index in [1.54, 1.807) is 23.0 Å². The van der Waals surface area contributed by atoms with Gasteiger partial charge in [-0.1, -0.05) is 0 Å². The van der Waals surface area contributed by atoms with Crippen LogP contribution in [0.15, 0.2) is 41.6 Å². The van der Waals surface area contributed by atoms with E-state index in [2.05, 4.69) is 0 Å². The maximum atomic E-state index is 13.3. The van der Waals surface area contributed by atoms with Gasteiger partial charge in [0.2, 0.25) is 0 Å². The van der Waals surface area contributed by atoms with Gasteiger partial charge in [-0.05, 0) is 24.3 Å². The van der Waals surface area contributed by atoms with Gasteiger partial charge in [0.1, 0.15) is 11.6 Å². The van der Waals surface area contributed by atoms with Gasteiger partial charge in [0.15, 0.2) is 5.78 Å². The molecular formula is C13H11F2NOS. The van der Waals surface area contributed by atoms with E-state index < -0.39 is 11.6 Å². The van der Waals surface area contributed by atoms with Crippen LogP contribution in [0.3, 0.4) is 0 Å². The third-order valence-corrected chi connectivity index (χ3v) is 3.44. The topological polar surface area (TPSA) is 22.0 Å². The summed E-state index contributed by atoms with van der Waals surface area (Å²) in [6.45, 7) is 0. The lowest BCUT2D eigenvalue weighted by molar-refractivity contribution is 0.102. The molecule has 0 radical (unpaired) electrons. The van der Waals surface area contributed by atoms with Crippen molar-refractivity contribution in [3.05, 3.63) is 53.9 Å². The second-order valence-electron chi connectivity index (χ2n) is 3.85. The van der Waals surface area contributed by atoms with Crippen LogP contribution < -0.4 is 0 Å². The smallest absolute Gasteiger partial charge is 0.174 e. The van der Waals surface area contributed by atoms with Crippen molar-refractivity contribution < 1.29 is 13.6 Å². The molecule has 0 aliphatic rings. The zero-order chi connectivity index (χ0) is 13.1. The predicted molar refractivity (Wildman–Crippen MR) is 66.8 cm³/mol. The van der Waals surface area contributed by atoms with Gasteiger partial charge in [0.25, 0.3) is 0 Å². The summed E-state index contributed by atoms with van der Waals surface area (Å²) in [6.07, 6.45) is 3.46. The fourth-order valence-corrected chi connectivity index (χ4v) is 2.34. The number of rotatable bonds is 4. The number of carbonyl (C=O) groups excluding carboxylic acids is 1. The average Bonchev–Trinajstić information content (AvgIpc) is 2.77. The first-order valence-electron chi connectivity index (χ1n) is 5.29. The van der Waals surface area contributed by atoms with Crippen LogP contribution in [-0.4, -0.2) is 16.1 Å². The van der Waals surface area contributed by atoms with Crippen molar-refractivity contribution in [2.45, 2.75) is 4.90 Å². The summed E-state index contributed by atoms with van der Waals surface area (Å²) in [5.74, 6) is -1.04. The highest BCUT2D eigenvalue weighted by Gasteiger charge is 2.10. The lowest BCUT2D eigenvalue weighted by atomic mass is 10.2. The van der Waals surface area contributed by atoms with Crippen molar-refractivity contribution in [1.29, 1.82) is 0 Å². The molecule has 2 aromatic rings. The Morgan fingerprint density at radius 2 is 2.11 bits per heavy atom. The van der Waals surface area contributed by atoms with Crippen molar-refractivity contribution in [3.63, 3.8) is 0 Å². The van der Waals surface area contributed by atoms with Gasteiger partial charge < -0.3 is 4.57 Å². The molecule has 0 fully saturated rings. The number of Topliss-reactive ketones (excluding diaryl/α,β-unsaturated/α-hetero) is 1. The number of carbonyl (C=O) groups is 1. The van der Waals surface area contributed by atoms with Crippen molar-refractivity contribution >= 4 is 17.5 Å². The van der Waals surface area contributed by atoms with Gasteiger partial charge in [-0.15, -0.1) is 11.8 Å². The van der Waals surface area contributed by atoms with Crippen molar-refractivity contribution in [3.8, 4) is 0 Å².